The highest BCUT2D eigenvalue weighted by Crippen LogP contribution is 2.11. The molecule has 0 unspecified atom stereocenters. The van der Waals surface area contributed by atoms with Gasteiger partial charge in [-0.1, -0.05) is 35.9 Å². The SMILES string of the molecule is ClC/C=C/c1cccc(Cl)c1. The summed E-state index contributed by atoms with van der Waals surface area (Å²) in [5.74, 6) is 0.534. The van der Waals surface area contributed by atoms with E-state index in [1.807, 2.05) is 36.4 Å². The van der Waals surface area contributed by atoms with Gasteiger partial charge in [0.2, 0.25) is 0 Å². The Balaban J connectivity index is 2.79. The van der Waals surface area contributed by atoms with Gasteiger partial charge in [-0.05, 0) is 17.7 Å². The van der Waals surface area contributed by atoms with E-state index in [1.165, 1.54) is 0 Å². The molecule has 0 fully saturated rings. The molecule has 0 bridgehead atoms. The van der Waals surface area contributed by atoms with Gasteiger partial charge < -0.3 is 0 Å². The number of allylic oxidation sites excluding steroid dienone is 1. The molecule has 58 valence electrons. The van der Waals surface area contributed by atoms with Crippen LogP contribution in [0.1, 0.15) is 5.56 Å². The minimum absolute atomic E-state index is 0.534. The van der Waals surface area contributed by atoms with Gasteiger partial charge in [0.15, 0.2) is 0 Å². The fraction of sp³-hybridized carbons (Fsp3) is 0.111. The van der Waals surface area contributed by atoms with Crippen molar-refractivity contribution in [2.75, 3.05) is 5.88 Å². The number of hydrogen-bond acceptors (Lipinski definition) is 0. The van der Waals surface area contributed by atoms with E-state index in [-0.39, 0.29) is 0 Å². The zero-order valence-corrected chi connectivity index (χ0v) is 7.44. The predicted molar refractivity (Wildman–Crippen MR) is 51.2 cm³/mol. The molecule has 0 heterocycles. The van der Waals surface area contributed by atoms with Gasteiger partial charge >= 0.3 is 0 Å². The van der Waals surface area contributed by atoms with E-state index in [9.17, 15) is 0 Å². The summed E-state index contributed by atoms with van der Waals surface area (Å²) in [6, 6.07) is 7.63. The molecule has 1 aromatic carbocycles. The normalized spacial score (nSPS) is 10.7. The van der Waals surface area contributed by atoms with E-state index in [0.717, 1.165) is 10.6 Å². The summed E-state index contributed by atoms with van der Waals surface area (Å²) in [4.78, 5) is 0. The lowest BCUT2D eigenvalue weighted by molar-refractivity contribution is 1.64. The van der Waals surface area contributed by atoms with Crippen molar-refractivity contribution in [2.24, 2.45) is 0 Å². The maximum absolute atomic E-state index is 5.76. The zero-order valence-electron chi connectivity index (χ0n) is 5.93. The zero-order chi connectivity index (χ0) is 8.10. The van der Waals surface area contributed by atoms with Crippen molar-refractivity contribution in [3.63, 3.8) is 0 Å². The summed E-state index contributed by atoms with van der Waals surface area (Å²) >= 11 is 11.2. The molecule has 0 spiro atoms. The minimum Gasteiger partial charge on any atom is -0.122 e. The number of rotatable bonds is 2. The van der Waals surface area contributed by atoms with Crippen molar-refractivity contribution in [2.45, 2.75) is 0 Å². The third kappa shape index (κ3) is 2.96. The highest BCUT2D eigenvalue weighted by atomic mass is 35.5. The molecule has 0 aliphatic rings. The smallest absolute Gasteiger partial charge is 0.0411 e. The van der Waals surface area contributed by atoms with Crippen LogP contribution < -0.4 is 0 Å². The van der Waals surface area contributed by atoms with Gasteiger partial charge in [-0.15, -0.1) is 11.6 Å². The second-order valence-electron chi connectivity index (χ2n) is 2.11. The van der Waals surface area contributed by atoms with Crippen molar-refractivity contribution < 1.29 is 0 Å². The fourth-order valence-electron chi connectivity index (χ4n) is 0.791. The largest absolute Gasteiger partial charge is 0.122 e. The molecule has 0 saturated carbocycles. The van der Waals surface area contributed by atoms with Crippen LogP contribution in [-0.2, 0) is 0 Å². The van der Waals surface area contributed by atoms with E-state index in [0.29, 0.717) is 5.88 Å². The average molecular weight is 187 g/mol. The molecule has 0 aliphatic heterocycles. The van der Waals surface area contributed by atoms with Gasteiger partial charge in [-0.3, -0.25) is 0 Å². The molecule has 0 atom stereocenters. The van der Waals surface area contributed by atoms with E-state index in [4.69, 9.17) is 23.2 Å². The lowest BCUT2D eigenvalue weighted by Gasteiger charge is -1.92. The third-order valence-corrected chi connectivity index (χ3v) is 1.66. The highest BCUT2D eigenvalue weighted by molar-refractivity contribution is 6.30. The van der Waals surface area contributed by atoms with Crippen molar-refractivity contribution in [1.82, 2.24) is 0 Å². The Bertz CT molecular complexity index is 253. The Labute approximate surface area is 76.4 Å². The molecule has 0 aromatic heterocycles. The minimum atomic E-state index is 0.534. The van der Waals surface area contributed by atoms with Gasteiger partial charge in [-0.2, -0.15) is 0 Å². The van der Waals surface area contributed by atoms with Crippen LogP contribution in [0.25, 0.3) is 6.08 Å². The fourth-order valence-corrected chi connectivity index (χ4v) is 1.08. The van der Waals surface area contributed by atoms with E-state index < -0.39 is 0 Å². The van der Waals surface area contributed by atoms with Gasteiger partial charge in [0, 0.05) is 10.9 Å². The Hall–Kier alpha value is -0.460. The topological polar surface area (TPSA) is 0 Å². The van der Waals surface area contributed by atoms with Crippen molar-refractivity contribution in [3.8, 4) is 0 Å². The van der Waals surface area contributed by atoms with E-state index >= 15 is 0 Å². The lowest BCUT2D eigenvalue weighted by atomic mass is 10.2. The van der Waals surface area contributed by atoms with Crippen LogP contribution in [0.15, 0.2) is 30.3 Å². The maximum atomic E-state index is 5.76. The van der Waals surface area contributed by atoms with Gasteiger partial charge in [0.1, 0.15) is 0 Å². The summed E-state index contributed by atoms with van der Waals surface area (Å²) in [6.45, 7) is 0. The molecule has 11 heavy (non-hydrogen) atoms. The Morgan fingerprint density at radius 1 is 1.36 bits per heavy atom. The number of benzene rings is 1. The average Bonchev–Trinajstić information content (AvgIpc) is 2.01. The van der Waals surface area contributed by atoms with Crippen molar-refractivity contribution >= 4 is 29.3 Å². The first-order chi connectivity index (χ1) is 5.33. The summed E-state index contributed by atoms with van der Waals surface area (Å²) in [5.41, 5.74) is 1.08. The first kappa shape index (κ1) is 8.63. The molecule has 0 nitrogen and oxygen atoms in total. The molecule has 0 saturated heterocycles. The molecule has 2 heteroatoms. The van der Waals surface area contributed by atoms with Crippen LogP contribution in [0, 0.1) is 0 Å². The second-order valence-corrected chi connectivity index (χ2v) is 2.86. The van der Waals surface area contributed by atoms with Crippen molar-refractivity contribution in [1.29, 1.82) is 0 Å². The summed E-state index contributed by atoms with van der Waals surface area (Å²) in [6.07, 6.45) is 3.83. The summed E-state index contributed by atoms with van der Waals surface area (Å²) in [7, 11) is 0. The molecular formula is C9H8Cl2. The highest BCUT2D eigenvalue weighted by Gasteiger charge is 1.86. The first-order valence-electron chi connectivity index (χ1n) is 3.31. The maximum Gasteiger partial charge on any atom is 0.0411 e. The first-order valence-corrected chi connectivity index (χ1v) is 4.22. The Morgan fingerprint density at radius 2 is 2.18 bits per heavy atom. The number of alkyl halides is 1. The Morgan fingerprint density at radius 3 is 2.82 bits per heavy atom. The number of hydrogen-bond donors (Lipinski definition) is 0. The van der Waals surface area contributed by atoms with Crippen molar-refractivity contribution in [3.05, 3.63) is 40.9 Å². The second kappa shape index (κ2) is 4.42. The molecule has 0 aliphatic carbocycles. The van der Waals surface area contributed by atoms with E-state index in [2.05, 4.69) is 0 Å². The van der Waals surface area contributed by atoms with Crippen LogP contribution >= 0.6 is 23.2 Å². The molecule has 0 N–H and O–H groups in total. The third-order valence-electron chi connectivity index (χ3n) is 1.25. The van der Waals surface area contributed by atoms with Crippen LogP contribution in [0.2, 0.25) is 5.02 Å². The molecular weight excluding hydrogens is 179 g/mol. The predicted octanol–water partition coefficient (Wildman–Crippen LogP) is 3.59. The van der Waals surface area contributed by atoms with Crippen LogP contribution in [0.5, 0.6) is 0 Å². The van der Waals surface area contributed by atoms with Crippen LogP contribution in [0.4, 0.5) is 0 Å². The number of halogens is 2. The molecule has 0 amide bonds. The van der Waals surface area contributed by atoms with Crippen LogP contribution in [-0.4, -0.2) is 5.88 Å². The molecule has 1 aromatic rings. The Kier molecular flexibility index (Phi) is 3.47. The lowest BCUT2D eigenvalue weighted by Crippen LogP contribution is -1.70. The van der Waals surface area contributed by atoms with Gasteiger partial charge in [0.05, 0.1) is 0 Å². The standard InChI is InChI=1S/C9H8Cl2/c10-6-2-4-8-3-1-5-9(11)7-8/h1-5,7H,6H2/b4-2+. The molecule has 0 radical (unpaired) electrons. The molecule has 1 rings (SSSR count). The summed E-state index contributed by atoms with van der Waals surface area (Å²) < 4.78 is 0. The van der Waals surface area contributed by atoms with E-state index in [1.54, 1.807) is 0 Å². The quantitative estimate of drug-likeness (QED) is 0.620. The van der Waals surface area contributed by atoms with Crippen LogP contribution in [0.3, 0.4) is 0 Å². The van der Waals surface area contributed by atoms with Gasteiger partial charge in [0.25, 0.3) is 0 Å². The van der Waals surface area contributed by atoms with Gasteiger partial charge in [-0.25, -0.2) is 0 Å². The monoisotopic (exact) mass is 186 g/mol. The summed E-state index contributed by atoms with van der Waals surface area (Å²) in [5, 5.41) is 0.752.